The molecule has 0 bridgehead atoms. The summed E-state index contributed by atoms with van der Waals surface area (Å²) in [7, 11) is 0. The zero-order chi connectivity index (χ0) is 21.0. The Morgan fingerprint density at radius 1 is 0.786 bits per heavy atom. The second kappa shape index (κ2) is 19.3. The first-order chi connectivity index (χ1) is 13.5. The normalized spacial score (nSPS) is 12.3. The number of carbonyl (C=O) groups excluding carboxylic acids is 2. The summed E-state index contributed by atoms with van der Waals surface area (Å²) in [5, 5.41) is 6.29. The van der Waals surface area contributed by atoms with Gasteiger partial charge in [0.1, 0.15) is 5.78 Å². The van der Waals surface area contributed by atoms with Crippen molar-refractivity contribution in [3.05, 3.63) is 0 Å². The Kier molecular flexibility index (Phi) is 18.7. The van der Waals surface area contributed by atoms with E-state index in [0.717, 1.165) is 58.2 Å². The van der Waals surface area contributed by atoms with Crippen molar-refractivity contribution in [3.63, 3.8) is 0 Å². The van der Waals surface area contributed by atoms with E-state index in [0.29, 0.717) is 13.0 Å². The third kappa shape index (κ3) is 17.1. The van der Waals surface area contributed by atoms with Gasteiger partial charge in [0.15, 0.2) is 0 Å². The van der Waals surface area contributed by atoms with Crippen LogP contribution in [0.5, 0.6) is 0 Å². The molecule has 1 amide bonds. The van der Waals surface area contributed by atoms with Gasteiger partial charge in [-0.1, -0.05) is 46.0 Å². The van der Waals surface area contributed by atoms with Crippen LogP contribution in [0, 0.1) is 5.92 Å². The fraction of sp³-hybridized carbons (Fsp3) is 0.909. The van der Waals surface area contributed by atoms with Gasteiger partial charge in [-0.3, -0.25) is 9.59 Å². The smallest absolute Gasteiger partial charge is 0.222 e. The SMILES string of the molecule is CC(C)C(=O)NCCCC[C@H](N)C(=O)CCCCCCCCCNCCCN. The van der Waals surface area contributed by atoms with Crippen LogP contribution in [-0.2, 0) is 9.59 Å². The third-order valence-corrected chi connectivity index (χ3v) is 5.01. The van der Waals surface area contributed by atoms with Gasteiger partial charge in [0, 0.05) is 18.9 Å². The first-order valence-electron chi connectivity index (χ1n) is 11.5. The molecule has 0 saturated heterocycles. The lowest BCUT2D eigenvalue weighted by molar-refractivity contribution is -0.124. The molecule has 0 aromatic rings. The van der Waals surface area contributed by atoms with Crippen molar-refractivity contribution in [2.45, 2.75) is 96.9 Å². The monoisotopic (exact) mass is 398 g/mol. The summed E-state index contributed by atoms with van der Waals surface area (Å²) < 4.78 is 0. The van der Waals surface area contributed by atoms with Crippen molar-refractivity contribution in [3.8, 4) is 0 Å². The van der Waals surface area contributed by atoms with Crippen LogP contribution in [0.2, 0.25) is 0 Å². The highest BCUT2D eigenvalue weighted by atomic mass is 16.1. The van der Waals surface area contributed by atoms with Crippen molar-refractivity contribution in [2.24, 2.45) is 17.4 Å². The number of rotatable bonds is 20. The molecule has 0 saturated carbocycles. The average Bonchev–Trinajstić information content (AvgIpc) is 2.67. The molecule has 0 aliphatic carbocycles. The Morgan fingerprint density at radius 3 is 2.00 bits per heavy atom. The second-order valence-electron chi connectivity index (χ2n) is 8.13. The predicted octanol–water partition coefficient (Wildman–Crippen LogP) is 2.88. The van der Waals surface area contributed by atoms with Crippen molar-refractivity contribution in [2.75, 3.05) is 26.2 Å². The third-order valence-electron chi connectivity index (χ3n) is 5.01. The molecule has 166 valence electrons. The maximum Gasteiger partial charge on any atom is 0.222 e. The molecule has 0 fully saturated rings. The fourth-order valence-electron chi connectivity index (χ4n) is 3.04. The molecule has 0 aliphatic rings. The van der Waals surface area contributed by atoms with Gasteiger partial charge in [0.2, 0.25) is 5.91 Å². The van der Waals surface area contributed by atoms with E-state index < -0.39 is 0 Å². The van der Waals surface area contributed by atoms with Gasteiger partial charge in [-0.15, -0.1) is 0 Å². The number of nitrogens with two attached hydrogens (primary N) is 2. The Hall–Kier alpha value is -0.980. The summed E-state index contributed by atoms with van der Waals surface area (Å²) in [4.78, 5) is 23.5. The minimum absolute atomic E-state index is 0.0207. The van der Waals surface area contributed by atoms with Crippen LogP contribution in [0.15, 0.2) is 0 Å². The molecule has 0 unspecified atom stereocenters. The van der Waals surface area contributed by atoms with Crippen LogP contribution in [0.25, 0.3) is 0 Å². The minimum atomic E-state index is -0.340. The van der Waals surface area contributed by atoms with Crippen LogP contribution >= 0.6 is 0 Å². The number of amides is 1. The summed E-state index contributed by atoms with van der Waals surface area (Å²) in [6, 6.07) is -0.340. The van der Waals surface area contributed by atoms with E-state index in [1.54, 1.807) is 0 Å². The molecular weight excluding hydrogens is 352 g/mol. The summed E-state index contributed by atoms with van der Waals surface area (Å²) in [6.07, 6.45) is 12.5. The lowest BCUT2D eigenvalue weighted by Crippen LogP contribution is -2.31. The quantitative estimate of drug-likeness (QED) is 0.236. The van der Waals surface area contributed by atoms with E-state index in [1.807, 2.05) is 13.8 Å². The molecule has 6 heteroatoms. The number of unbranched alkanes of at least 4 members (excludes halogenated alkanes) is 7. The van der Waals surface area contributed by atoms with Crippen LogP contribution in [0.3, 0.4) is 0 Å². The van der Waals surface area contributed by atoms with E-state index in [2.05, 4.69) is 10.6 Å². The van der Waals surface area contributed by atoms with Gasteiger partial charge in [0.05, 0.1) is 6.04 Å². The molecule has 0 heterocycles. The average molecular weight is 399 g/mol. The molecule has 0 spiro atoms. The summed E-state index contributed by atoms with van der Waals surface area (Å²) in [5.41, 5.74) is 11.5. The molecule has 0 radical (unpaired) electrons. The molecule has 0 aliphatic heterocycles. The highest BCUT2D eigenvalue weighted by Gasteiger charge is 2.12. The first-order valence-corrected chi connectivity index (χ1v) is 11.5. The van der Waals surface area contributed by atoms with Gasteiger partial charge in [-0.25, -0.2) is 0 Å². The van der Waals surface area contributed by atoms with E-state index in [9.17, 15) is 9.59 Å². The van der Waals surface area contributed by atoms with Crippen LogP contribution in [0.1, 0.15) is 90.9 Å². The van der Waals surface area contributed by atoms with E-state index in [4.69, 9.17) is 11.5 Å². The van der Waals surface area contributed by atoms with E-state index in [-0.39, 0.29) is 23.7 Å². The largest absolute Gasteiger partial charge is 0.356 e. The van der Waals surface area contributed by atoms with Crippen LogP contribution < -0.4 is 22.1 Å². The van der Waals surface area contributed by atoms with Gasteiger partial charge >= 0.3 is 0 Å². The molecule has 6 N–H and O–H groups in total. The summed E-state index contributed by atoms with van der Waals surface area (Å²) >= 11 is 0. The van der Waals surface area contributed by atoms with Crippen molar-refractivity contribution < 1.29 is 9.59 Å². The number of Topliss-reactive ketones (excluding diaryl/α,β-unsaturated/α-hetero) is 1. The first kappa shape index (κ1) is 27.0. The number of hydrogen-bond acceptors (Lipinski definition) is 5. The molecule has 1 atom stereocenters. The lowest BCUT2D eigenvalue weighted by Gasteiger charge is -2.11. The molecule has 0 rings (SSSR count). The highest BCUT2D eigenvalue weighted by molar-refractivity contribution is 5.83. The zero-order valence-electron chi connectivity index (χ0n) is 18.4. The Bertz CT molecular complexity index is 389. The van der Waals surface area contributed by atoms with Gasteiger partial charge in [-0.2, -0.15) is 0 Å². The fourth-order valence-corrected chi connectivity index (χ4v) is 3.04. The maximum absolute atomic E-state index is 12.1. The van der Waals surface area contributed by atoms with Gasteiger partial charge in [0.25, 0.3) is 0 Å². The number of nitrogens with one attached hydrogen (secondary N) is 2. The molecular formula is C22H46N4O2. The summed E-state index contributed by atoms with van der Waals surface area (Å²) in [5.74, 6) is 0.293. The predicted molar refractivity (Wildman–Crippen MR) is 118 cm³/mol. The number of ketones is 1. The minimum Gasteiger partial charge on any atom is -0.356 e. The maximum atomic E-state index is 12.1. The number of hydrogen-bond donors (Lipinski definition) is 4. The van der Waals surface area contributed by atoms with Gasteiger partial charge < -0.3 is 22.1 Å². The van der Waals surface area contributed by atoms with Crippen molar-refractivity contribution in [1.82, 2.24) is 10.6 Å². The second-order valence-corrected chi connectivity index (χ2v) is 8.13. The van der Waals surface area contributed by atoms with Crippen LogP contribution in [0.4, 0.5) is 0 Å². The Morgan fingerprint density at radius 2 is 1.36 bits per heavy atom. The van der Waals surface area contributed by atoms with E-state index >= 15 is 0 Å². The Balaban J connectivity index is 3.40. The highest BCUT2D eigenvalue weighted by Crippen LogP contribution is 2.10. The molecule has 6 nitrogen and oxygen atoms in total. The van der Waals surface area contributed by atoms with Crippen LogP contribution in [-0.4, -0.2) is 43.9 Å². The van der Waals surface area contributed by atoms with Crippen molar-refractivity contribution in [1.29, 1.82) is 0 Å². The van der Waals surface area contributed by atoms with Crippen molar-refractivity contribution >= 4 is 11.7 Å². The zero-order valence-corrected chi connectivity index (χ0v) is 18.4. The molecule has 0 aromatic heterocycles. The van der Waals surface area contributed by atoms with E-state index in [1.165, 1.54) is 32.1 Å². The standard InChI is InChI=1S/C22H46N4O2/c1-19(2)22(28)26-18-11-9-13-20(24)21(27)14-8-6-4-3-5-7-10-16-25-17-12-15-23/h19-20,25H,3-18,23-24H2,1-2H3,(H,26,28)/t20-/m0/s1. The van der Waals surface area contributed by atoms with Gasteiger partial charge in [-0.05, 0) is 58.2 Å². The summed E-state index contributed by atoms with van der Waals surface area (Å²) in [6.45, 7) is 7.32. The lowest BCUT2D eigenvalue weighted by atomic mass is 10.0. The Labute approximate surface area is 173 Å². The molecule has 28 heavy (non-hydrogen) atoms. The topological polar surface area (TPSA) is 110 Å². The number of carbonyl (C=O) groups is 2. The molecule has 0 aromatic carbocycles.